The van der Waals surface area contributed by atoms with E-state index in [1.807, 2.05) is 19.1 Å². The first-order chi connectivity index (χ1) is 16.0. The maximum absolute atomic E-state index is 12.0. The number of aryl methyl sites for hydroxylation is 1. The lowest BCUT2D eigenvalue weighted by atomic mass is 10.2. The van der Waals surface area contributed by atoms with Gasteiger partial charge >= 0.3 is 0 Å². The second kappa shape index (κ2) is 11.8. The number of nitrogens with one attached hydrogen (secondary N) is 2. The summed E-state index contributed by atoms with van der Waals surface area (Å²) in [6.07, 6.45) is 3.04. The van der Waals surface area contributed by atoms with Gasteiger partial charge in [0.05, 0.1) is 13.3 Å². The van der Waals surface area contributed by atoms with Crippen LogP contribution in [0.4, 0.5) is 5.82 Å². The first kappa shape index (κ1) is 23.3. The molecule has 1 aromatic heterocycles. The number of hydrogen-bond acceptors (Lipinski definition) is 7. The minimum atomic E-state index is -0.391. The molecule has 0 saturated carbocycles. The molecule has 3 aromatic rings. The van der Waals surface area contributed by atoms with Crippen LogP contribution in [0.1, 0.15) is 11.1 Å². The van der Waals surface area contributed by atoms with Crippen LogP contribution in [-0.4, -0.2) is 43.3 Å². The van der Waals surface area contributed by atoms with Crippen LogP contribution < -0.4 is 25.0 Å². The van der Waals surface area contributed by atoms with Crippen LogP contribution >= 0.6 is 0 Å². The molecule has 33 heavy (non-hydrogen) atoms. The second-order valence-corrected chi connectivity index (χ2v) is 6.86. The van der Waals surface area contributed by atoms with E-state index in [9.17, 15) is 9.59 Å². The summed E-state index contributed by atoms with van der Waals surface area (Å²) in [4.78, 5) is 27.9. The molecule has 0 bridgehead atoms. The van der Waals surface area contributed by atoms with Gasteiger partial charge in [0.25, 0.3) is 11.8 Å². The number of aromatic nitrogens is 1. The molecule has 0 radical (unpaired) electrons. The van der Waals surface area contributed by atoms with Gasteiger partial charge in [-0.05, 0) is 55.0 Å². The maximum Gasteiger partial charge on any atom is 0.277 e. The molecule has 2 amide bonds. The predicted octanol–water partition coefficient (Wildman–Crippen LogP) is 2.95. The highest BCUT2D eigenvalue weighted by molar-refractivity contribution is 5.91. The average Bonchev–Trinajstić information content (AvgIpc) is 2.83. The molecule has 0 unspecified atom stereocenters. The van der Waals surface area contributed by atoms with Gasteiger partial charge in [0.1, 0.15) is 11.6 Å². The fourth-order valence-corrected chi connectivity index (χ4v) is 2.64. The number of carbonyl (C=O) groups excluding carboxylic acids is 2. The molecule has 9 nitrogen and oxygen atoms in total. The Balaban J connectivity index is 1.47. The Morgan fingerprint density at radius 1 is 0.970 bits per heavy atom. The van der Waals surface area contributed by atoms with Crippen LogP contribution in [0.5, 0.6) is 17.2 Å². The summed E-state index contributed by atoms with van der Waals surface area (Å²) >= 11 is 0. The van der Waals surface area contributed by atoms with Gasteiger partial charge < -0.3 is 19.5 Å². The Bertz CT molecular complexity index is 1100. The predicted molar refractivity (Wildman–Crippen MR) is 124 cm³/mol. The number of carbonyl (C=O) groups is 2. The molecular weight excluding hydrogens is 424 g/mol. The van der Waals surface area contributed by atoms with Crippen LogP contribution in [0.3, 0.4) is 0 Å². The van der Waals surface area contributed by atoms with Crippen molar-refractivity contribution in [2.45, 2.75) is 6.92 Å². The normalized spacial score (nSPS) is 10.5. The highest BCUT2D eigenvalue weighted by Crippen LogP contribution is 2.27. The van der Waals surface area contributed by atoms with E-state index in [-0.39, 0.29) is 19.1 Å². The van der Waals surface area contributed by atoms with Gasteiger partial charge in [0.2, 0.25) is 0 Å². The van der Waals surface area contributed by atoms with Crippen molar-refractivity contribution < 1.29 is 23.8 Å². The molecule has 0 aliphatic rings. The molecule has 2 aromatic carbocycles. The summed E-state index contributed by atoms with van der Waals surface area (Å²) in [6, 6.07) is 17.6. The molecule has 9 heteroatoms. The molecule has 3 rings (SSSR count). The van der Waals surface area contributed by atoms with Crippen LogP contribution in [0, 0.1) is 6.92 Å². The SMILES string of the molecule is COc1cc(/C=N/NC(=O)COc2ccc(C)cc2)ccc1OCC(=O)Nc1ccccn1. The molecule has 0 spiro atoms. The lowest BCUT2D eigenvalue weighted by Gasteiger charge is -2.11. The summed E-state index contributed by atoms with van der Waals surface area (Å²) in [5, 5.41) is 6.56. The molecular formula is C24H24N4O5. The third-order valence-electron chi connectivity index (χ3n) is 4.27. The number of methoxy groups -OCH3 is 1. The van der Waals surface area contributed by atoms with Gasteiger partial charge in [-0.1, -0.05) is 23.8 Å². The van der Waals surface area contributed by atoms with E-state index in [0.29, 0.717) is 28.6 Å². The van der Waals surface area contributed by atoms with E-state index in [1.54, 1.807) is 54.7 Å². The standard InChI is InChI=1S/C24H24N4O5/c1-17-6-9-19(10-7-17)32-16-24(30)28-26-14-18-8-11-20(21(13-18)31-2)33-15-23(29)27-22-5-3-4-12-25-22/h3-14H,15-16H2,1-2H3,(H,28,30)(H,25,27,29)/b26-14+. The third-order valence-corrected chi connectivity index (χ3v) is 4.27. The Labute approximate surface area is 191 Å². The molecule has 170 valence electrons. The number of nitrogens with zero attached hydrogens (tertiary/aromatic N) is 2. The molecule has 2 N–H and O–H groups in total. The smallest absolute Gasteiger partial charge is 0.277 e. The zero-order valence-electron chi connectivity index (χ0n) is 18.3. The number of hydrazone groups is 1. The summed E-state index contributed by atoms with van der Waals surface area (Å²) in [5.74, 6) is 1.11. The Morgan fingerprint density at radius 3 is 2.48 bits per heavy atom. The van der Waals surface area contributed by atoms with Crippen LogP contribution in [0.15, 0.2) is 72.0 Å². The van der Waals surface area contributed by atoms with Gasteiger partial charge in [0, 0.05) is 6.20 Å². The molecule has 0 saturated heterocycles. The molecule has 1 heterocycles. The van der Waals surface area contributed by atoms with Crippen LogP contribution in [0.2, 0.25) is 0 Å². The fourth-order valence-electron chi connectivity index (χ4n) is 2.64. The van der Waals surface area contributed by atoms with Crippen molar-refractivity contribution in [2.24, 2.45) is 5.10 Å². The second-order valence-electron chi connectivity index (χ2n) is 6.86. The number of amides is 2. The molecule has 0 atom stereocenters. The monoisotopic (exact) mass is 448 g/mol. The van der Waals surface area contributed by atoms with Gasteiger partial charge in [-0.2, -0.15) is 5.10 Å². The molecule has 0 aliphatic carbocycles. The van der Waals surface area contributed by atoms with Crippen molar-refractivity contribution >= 4 is 23.8 Å². The van der Waals surface area contributed by atoms with Crippen LogP contribution in [0.25, 0.3) is 0 Å². The van der Waals surface area contributed by atoms with Crippen molar-refractivity contribution in [1.29, 1.82) is 0 Å². The van der Waals surface area contributed by atoms with E-state index in [2.05, 4.69) is 20.8 Å². The minimum Gasteiger partial charge on any atom is -0.493 e. The Morgan fingerprint density at radius 2 is 1.76 bits per heavy atom. The lowest BCUT2D eigenvalue weighted by molar-refractivity contribution is -0.123. The van der Waals surface area contributed by atoms with Crippen molar-refractivity contribution in [3.63, 3.8) is 0 Å². The van der Waals surface area contributed by atoms with Crippen molar-refractivity contribution in [1.82, 2.24) is 10.4 Å². The lowest BCUT2D eigenvalue weighted by Crippen LogP contribution is -2.24. The van der Waals surface area contributed by atoms with Crippen molar-refractivity contribution in [3.05, 3.63) is 78.0 Å². The van der Waals surface area contributed by atoms with Gasteiger partial charge in [-0.3, -0.25) is 9.59 Å². The maximum atomic E-state index is 12.0. The van der Waals surface area contributed by atoms with Gasteiger partial charge in [-0.15, -0.1) is 0 Å². The third kappa shape index (κ3) is 7.66. The van der Waals surface area contributed by atoms with Crippen molar-refractivity contribution in [2.75, 3.05) is 25.6 Å². The average molecular weight is 448 g/mol. The topological polar surface area (TPSA) is 111 Å². The van der Waals surface area contributed by atoms with E-state index < -0.39 is 5.91 Å². The van der Waals surface area contributed by atoms with E-state index in [0.717, 1.165) is 5.56 Å². The summed E-state index contributed by atoms with van der Waals surface area (Å²) in [5.41, 5.74) is 4.17. The van der Waals surface area contributed by atoms with E-state index in [4.69, 9.17) is 14.2 Å². The van der Waals surface area contributed by atoms with E-state index >= 15 is 0 Å². The summed E-state index contributed by atoms with van der Waals surface area (Å²) in [6.45, 7) is 1.60. The zero-order valence-corrected chi connectivity index (χ0v) is 18.3. The Hall–Kier alpha value is -4.40. The largest absolute Gasteiger partial charge is 0.493 e. The minimum absolute atomic E-state index is 0.156. The van der Waals surface area contributed by atoms with E-state index in [1.165, 1.54) is 13.3 Å². The number of ether oxygens (including phenoxy) is 3. The number of hydrogen-bond donors (Lipinski definition) is 2. The number of pyridine rings is 1. The van der Waals surface area contributed by atoms with Gasteiger partial charge in [-0.25, -0.2) is 10.4 Å². The molecule has 0 aliphatic heterocycles. The number of anilines is 1. The quantitative estimate of drug-likeness (QED) is 0.364. The van der Waals surface area contributed by atoms with Crippen molar-refractivity contribution in [3.8, 4) is 17.2 Å². The molecule has 0 fully saturated rings. The fraction of sp³-hybridized carbons (Fsp3) is 0.167. The first-order valence-electron chi connectivity index (χ1n) is 10.1. The highest BCUT2D eigenvalue weighted by Gasteiger charge is 2.09. The van der Waals surface area contributed by atoms with Gasteiger partial charge in [0.15, 0.2) is 24.7 Å². The highest BCUT2D eigenvalue weighted by atomic mass is 16.5. The summed E-state index contributed by atoms with van der Waals surface area (Å²) in [7, 11) is 1.49. The number of benzene rings is 2. The number of rotatable bonds is 10. The first-order valence-corrected chi connectivity index (χ1v) is 10.1. The van der Waals surface area contributed by atoms with Crippen LogP contribution in [-0.2, 0) is 9.59 Å². The summed E-state index contributed by atoms with van der Waals surface area (Å²) < 4.78 is 16.3. The Kier molecular flexibility index (Phi) is 8.35. The zero-order chi connectivity index (χ0) is 23.5.